The molecule has 0 saturated carbocycles. The molecular formula is C18H22BrNO. The molecule has 21 heavy (non-hydrogen) atoms. The van der Waals surface area contributed by atoms with E-state index in [9.17, 15) is 0 Å². The molecule has 0 bridgehead atoms. The zero-order valence-corrected chi connectivity index (χ0v) is 14.2. The van der Waals surface area contributed by atoms with Crippen LogP contribution in [-0.2, 0) is 19.6 Å². The summed E-state index contributed by atoms with van der Waals surface area (Å²) < 4.78 is 6.95. The van der Waals surface area contributed by atoms with Crippen molar-refractivity contribution in [2.45, 2.75) is 33.4 Å². The van der Waals surface area contributed by atoms with Crippen LogP contribution in [0.1, 0.15) is 30.5 Å². The van der Waals surface area contributed by atoms with Crippen LogP contribution in [0.4, 0.5) is 0 Å². The second-order valence-corrected chi connectivity index (χ2v) is 5.85. The van der Waals surface area contributed by atoms with Crippen LogP contribution in [0.3, 0.4) is 0 Å². The zero-order valence-electron chi connectivity index (χ0n) is 12.7. The molecule has 2 nitrogen and oxygen atoms in total. The molecule has 0 aliphatic carbocycles. The van der Waals surface area contributed by atoms with E-state index in [4.69, 9.17) is 4.74 Å². The smallest absolute Gasteiger partial charge is 0.119 e. The van der Waals surface area contributed by atoms with Crippen molar-refractivity contribution in [1.29, 1.82) is 0 Å². The zero-order chi connectivity index (χ0) is 15.1. The molecule has 1 N–H and O–H groups in total. The Morgan fingerprint density at radius 1 is 1.00 bits per heavy atom. The van der Waals surface area contributed by atoms with Gasteiger partial charge in [0.15, 0.2) is 0 Å². The van der Waals surface area contributed by atoms with Crippen LogP contribution in [-0.4, -0.2) is 6.54 Å². The third-order valence-corrected chi connectivity index (χ3v) is 4.16. The van der Waals surface area contributed by atoms with Gasteiger partial charge in [-0.15, -0.1) is 0 Å². The fourth-order valence-corrected chi connectivity index (χ4v) is 2.61. The summed E-state index contributed by atoms with van der Waals surface area (Å²) in [6.45, 7) is 6.72. The first-order chi connectivity index (χ1) is 10.2. The quantitative estimate of drug-likeness (QED) is 0.783. The first-order valence-electron chi connectivity index (χ1n) is 7.42. The Bertz CT molecular complexity index is 566. The maximum absolute atomic E-state index is 5.85. The lowest BCUT2D eigenvalue weighted by Crippen LogP contribution is -2.11. The lowest BCUT2D eigenvalue weighted by Gasteiger charge is -2.10. The predicted octanol–water partition coefficient (Wildman–Crippen LogP) is 4.70. The van der Waals surface area contributed by atoms with Gasteiger partial charge in [-0.2, -0.15) is 0 Å². The van der Waals surface area contributed by atoms with Crippen LogP contribution in [0.25, 0.3) is 0 Å². The molecule has 0 radical (unpaired) electrons. The minimum atomic E-state index is 0.577. The molecule has 0 heterocycles. The van der Waals surface area contributed by atoms with Crippen molar-refractivity contribution in [3.8, 4) is 5.75 Å². The van der Waals surface area contributed by atoms with Gasteiger partial charge >= 0.3 is 0 Å². The van der Waals surface area contributed by atoms with Crippen LogP contribution >= 0.6 is 15.9 Å². The minimum absolute atomic E-state index is 0.577. The van der Waals surface area contributed by atoms with Crippen LogP contribution < -0.4 is 10.1 Å². The number of nitrogens with one attached hydrogen (secondary N) is 1. The van der Waals surface area contributed by atoms with E-state index in [0.29, 0.717) is 6.61 Å². The molecule has 3 heteroatoms. The minimum Gasteiger partial charge on any atom is -0.489 e. The highest BCUT2D eigenvalue weighted by molar-refractivity contribution is 9.10. The van der Waals surface area contributed by atoms with Crippen molar-refractivity contribution >= 4 is 15.9 Å². The predicted molar refractivity (Wildman–Crippen MR) is 91.7 cm³/mol. The molecule has 0 unspecified atom stereocenters. The molecule has 0 aliphatic rings. The van der Waals surface area contributed by atoms with Crippen molar-refractivity contribution < 1.29 is 4.74 Å². The number of hydrogen-bond donors (Lipinski definition) is 1. The Morgan fingerprint density at radius 3 is 2.33 bits per heavy atom. The lowest BCUT2D eigenvalue weighted by atomic mass is 10.1. The van der Waals surface area contributed by atoms with Gasteiger partial charge in [0.2, 0.25) is 0 Å². The van der Waals surface area contributed by atoms with Gasteiger partial charge in [-0.25, -0.2) is 0 Å². The normalized spacial score (nSPS) is 10.6. The summed E-state index contributed by atoms with van der Waals surface area (Å²) in [5.74, 6) is 0.913. The molecule has 0 saturated heterocycles. The highest BCUT2D eigenvalue weighted by Gasteiger charge is 2.03. The summed E-state index contributed by atoms with van der Waals surface area (Å²) >= 11 is 3.63. The van der Waals surface area contributed by atoms with E-state index in [0.717, 1.165) is 35.3 Å². The average molecular weight is 348 g/mol. The fourth-order valence-electron chi connectivity index (χ4n) is 2.07. The van der Waals surface area contributed by atoms with E-state index >= 15 is 0 Å². The van der Waals surface area contributed by atoms with Gasteiger partial charge in [-0.1, -0.05) is 54.0 Å². The summed E-state index contributed by atoms with van der Waals surface area (Å²) in [6, 6.07) is 14.7. The van der Waals surface area contributed by atoms with E-state index in [1.807, 2.05) is 12.1 Å². The van der Waals surface area contributed by atoms with Crippen molar-refractivity contribution in [2.75, 3.05) is 6.54 Å². The van der Waals surface area contributed by atoms with E-state index in [1.165, 1.54) is 11.1 Å². The molecule has 0 fully saturated rings. The Hall–Kier alpha value is -1.32. The average Bonchev–Trinajstić information content (AvgIpc) is 2.52. The Morgan fingerprint density at radius 2 is 1.71 bits per heavy atom. The highest BCUT2D eigenvalue weighted by Crippen LogP contribution is 2.21. The van der Waals surface area contributed by atoms with Crippen LogP contribution in [0.15, 0.2) is 46.9 Å². The molecular weight excluding hydrogens is 326 g/mol. The third-order valence-electron chi connectivity index (χ3n) is 3.42. The van der Waals surface area contributed by atoms with Gasteiger partial charge < -0.3 is 10.1 Å². The second kappa shape index (κ2) is 8.20. The number of benzene rings is 2. The Kier molecular flexibility index (Phi) is 6.27. The van der Waals surface area contributed by atoms with Crippen molar-refractivity contribution in [3.05, 3.63) is 63.6 Å². The lowest BCUT2D eigenvalue weighted by molar-refractivity contribution is 0.305. The van der Waals surface area contributed by atoms with Crippen molar-refractivity contribution in [3.63, 3.8) is 0 Å². The third kappa shape index (κ3) is 4.87. The SMILES string of the molecule is CCNCc1ccc(COc2ccc(CC)cc2)c(Br)c1. The van der Waals surface area contributed by atoms with E-state index < -0.39 is 0 Å². The summed E-state index contributed by atoms with van der Waals surface area (Å²) in [5.41, 5.74) is 3.77. The number of ether oxygens (including phenoxy) is 1. The topological polar surface area (TPSA) is 21.3 Å². The summed E-state index contributed by atoms with van der Waals surface area (Å²) in [6.07, 6.45) is 1.05. The molecule has 2 aromatic carbocycles. The van der Waals surface area contributed by atoms with Gasteiger partial charge in [-0.3, -0.25) is 0 Å². The van der Waals surface area contributed by atoms with Gasteiger partial charge in [0.05, 0.1) is 0 Å². The van der Waals surface area contributed by atoms with Crippen LogP contribution in [0, 0.1) is 0 Å². The second-order valence-electron chi connectivity index (χ2n) is 4.99. The first-order valence-corrected chi connectivity index (χ1v) is 8.22. The van der Waals surface area contributed by atoms with E-state index in [2.05, 4.69) is 65.4 Å². The fraction of sp³-hybridized carbons (Fsp3) is 0.333. The van der Waals surface area contributed by atoms with E-state index in [-0.39, 0.29) is 0 Å². The number of halogens is 1. The van der Waals surface area contributed by atoms with Gasteiger partial charge in [-0.05, 0) is 42.3 Å². The Balaban J connectivity index is 1.95. The molecule has 0 aromatic heterocycles. The molecule has 0 atom stereocenters. The van der Waals surface area contributed by atoms with Crippen molar-refractivity contribution in [1.82, 2.24) is 5.32 Å². The number of aryl methyl sites for hydroxylation is 1. The monoisotopic (exact) mass is 347 g/mol. The summed E-state index contributed by atoms with van der Waals surface area (Å²) in [5, 5.41) is 3.33. The molecule has 0 aliphatic heterocycles. The van der Waals surface area contributed by atoms with Crippen LogP contribution in [0.2, 0.25) is 0 Å². The standard InChI is InChI=1S/C18H22BrNO/c1-3-14-6-9-17(10-7-14)21-13-16-8-5-15(11-18(16)19)12-20-4-2/h5-11,20H,3-4,12-13H2,1-2H3. The molecule has 0 spiro atoms. The first kappa shape index (κ1) is 16.1. The summed E-state index contributed by atoms with van der Waals surface area (Å²) in [7, 11) is 0. The maximum Gasteiger partial charge on any atom is 0.119 e. The van der Waals surface area contributed by atoms with E-state index in [1.54, 1.807) is 0 Å². The molecule has 112 valence electrons. The Labute approximate surface area is 135 Å². The maximum atomic E-state index is 5.85. The largest absolute Gasteiger partial charge is 0.489 e. The van der Waals surface area contributed by atoms with Crippen molar-refractivity contribution in [2.24, 2.45) is 0 Å². The summed E-state index contributed by atoms with van der Waals surface area (Å²) in [4.78, 5) is 0. The van der Waals surface area contributed by atoms with Gasteiger partial charge in [0.1, 0.15) is 12.4 Å². The van der Waals surface area contributed by atoms with Crippen LogP contribution in [0.5, 0.6) is 5.75 Å². The van der Waals surface area contributed by atoms with Gasteiger partial charge in [0.25, 0.3) is 0 Å². The number of rotatable bonds is 7. The highest BCUT2D eigenvalue weighted by atomic mass is 79.9. The molecule has 2 aromatic rings. The van der Waals surface area contributed by atoms with Gasteiger partial charge in [0, 0.05) is 16.6 Å². The molecule has 0 amide bonds. The number of hydrogen-bond acceptors (Lipinski definition) is 2. The molecule has 2 rings (SSSR count).